The Balaban J connectivity index is 1.86. The standard InChI is InChI=1S/C34H26O4/c35-21-27-7-1-5-25(17-27)13-15-33(31-11-3-9-29(19-31)23-37)34(32-12-4-10-30(20-32)24-38)16-14-26-6-2-8-28(18-26)22-36/h1-24,33-34H/b15-13+,16-14+/t33-,34+. The highest BCUT2D eigenvalue weighted by molar-refractivity contribution is 5.78. The van der Waals surface area contributed by atoms with Gasteiger partial charge in [-0.15, -0.1) is 0 Å². The number of rotatable bonds is 11. The largest absolute Gasteiger partial charge is 0.298 e. The van der Waals surface area contributed by atoms with Crippen LogP contribution < -0.4 is 0 Å². The SMILES string of the molecule is O=Cc1cccc(/C=C/[C@H](c2cccc(C=O)c2)[C@@H](/C=C/c2cccc(C=O)c2)c2cccc(C=O)c2)c1. The molecule has 4 aromatic carbocycles. The van der Waals surface area contributed by atoms with Crippen LogP contribution in [0, 0.1) is 0 Å². The van der Waals surface area contributed by atoms with E-state index in [-0.39, 0.29) is 11.8 Å². The van der Waals surface area contributed by atoms with E-state index in [1.807, 2.05) is 84.9 Å². The van der Waals surface area contributed by atoms with Gasteiger partial charge in [-0.2, -0.15) is 0 Å². The number of hydrogen-bond acceptors (Lipinski definition) is 4. The summed E-state index contributed by atoms with van der Waals surface area (Å²) in [6.45, 7) is 0. The summed E-state index contributed by atoms with van der Waals surface area (Å²) in [4.78, 5) is 45.8. The maximum atomic E-state index is 11.6. The van der Waals surface area contributed by atoms with Crippen molar-refractivity contribution in [3.05, 3.63) is 154 Å². The highest BCUT2D eigenvalue weighted by Gasteiger charge is 2.21. The fourth-order valence-electron chi connectivity index (χ4n) is 4.46. The molecule has 0 saturated heterocycles. The Morgan fingerprint density at radius 2 is 0.711 bits per heavy atom. The summed E-state index contributed by atoms with van der Waals surface area (Å²) in [6.07, 6.45) is 11.3. The average molecular weight is 499 g/mol. The second kappa shape index (κ2) is 12.8. The summed E-state index contributed by atoms with van der Waals surface area (Å²) < 4.78 is 0. The van der Waals surface area contributed by atoms with Crippen LogP contribution in [0.3, 0.4) is 0 Å². The fraction of sp³-hybridized carbons (Fsp3) is 0.0588. The predicted octanol–water partition coefficient (Wildman–Crippen LogP) is 7.23. The molecule has 4 rings (SSSR count). The van der Waals surface area contributed by atoms with Crippen LogP contribution in [0.5, 0.6) is 0 Å². The quantitative estimate of drug-likeness (QED) is 0.205. The minimum atomic E-state index is -0.220. The van der Waals surface area contributed by atoms with E-state index in [4.69, 9.17) is 0 Å². The van der Waals surface area contributed by atoms with Crippen molar-refractivity contribution in [3.63, 3.8) is 0 Å². The monoisotopic (exact) mass is 498 g/mol. The molecule has 0 aromatic heterocycles. The van der Waals surface area contributed by atoms with Crippen molar-refractivity contribution in [3.8, 4) is 0 Å². The predicted molar refractivity (Wildman–Crippen MR) is 151 cm³/mol. The zero-order valence-electron chi connectivity index (χ0n) is 20.6. The van der Waals surface area contributed by atoms with Crippen LogP contribution in [0.1, 0.15) is 75.5 Å². The zero-order valence-corrected chi connectivity index (χ0v) is 20.6. The van der Waals surface area contributed by atoms with Crippen molar-refractivity contribution in [1.29, 1.82) is 0 Å². The van der Waals surface area contributed by atoms with Crippen LogP contribution in [0.25, 0.3) is 12.2 Å². The van der Waals surface area contributed by atoms with Crippen molar-refractivity contribution < 1.29 is 19.2 Å². The molecule has 0 amide bonds. The number of allylic oxidation sites excluding steroid dienone is 2. The lowest BCUT2D eigenvalue weighted by molar-refractivity contribution is 0.111. The maximum absolute atomic E-state index is 11.6. The topological polar surface area (TPSA) is 68.3 Å². The zero-order chi connectivity index (χ0) is 26.7. The molecule has 4 heteroatoms. The first-order valence-corrected chi connectivity index (χ1v) is 12.2. The number of aldehydes is 4. The van der Waals surface area contributed by atoms with Crippen molar-refractivity contribution >= 4 is 37.3 Å². The summed E-state index contributed by atoms with van der Waals surface area (Å²) in [6, 6.07) is 29.5. The molecule has 2 atom stereocenters. The van der Waals surface area contributed by atoms with Gasteiger partial charge in [-0.1, -0.05) is 97.1 Å². The molecule has 38 heavy (non-hydrogen) atoms. The lowest BCUT2D eigenvalue weighted by Gasteiger charge is -2.24. The summed E-state index contributed by atoms with van der Waals surface area (Å²) in [5.74, 6) is -0.440. The van der Waals surface area contributed by atoms with Crippen LogP contribution in [0.2, 0.25) is 0 Å². The molecule has 186 valence electrons. The van der Waals surface area contributed by atoms with E-state index in [0.717, 1.165) is 47.4 Å². The van der Waals surface area contributed by atoms with Gasteiger partial charge in [0.1, 0.15) is 25.1 Å². The van der Waals surface area contributed by atoms with Gasteiger partial charge in [-0.05, 0) is 46.5 Å². The van der Waals surface area contributed by atoms with Crippen LogP contribution in [0.4, 0.5) is 0 Å². The Morgan fingerprint density at radius 3 is 1.08 bits per heavy atom. The third-order valence-electron chi connectivity index (χ3n) is 6.34. The second-order valence-corrected chi connectivity index (χ2v) is 8.92. The van der Waals surface area contributed by atoms with Crippen LogP contribution in [-0.4, -0.2) is 25.1 Å². The number of benzene rings is 4. The van der Waals surface area contributed by atoms with Crippen LogP contribution >= 0.6 is 0 Å². The van der Waals surface area contributed by atoms with E-state index >= 15 is 0 Å². The summed E-state index contributed by atoms with van der Waals surface area (Å²) in [5.41, 5.74) is 5.87. The molecule has 0 N–H and O–H groups in total. The molecule has 0 fully saturated rings. The minimum Gasteiger partial charge on any atom is -0.298 e. The molecule has 0 aliphatic carbocycles. The first kappa shape index (κ1) is 26.1. The Labute approximate surface area is 222 Å². The van der Waals surface area contributed by atoms with Crippen LogP contribution in [0.15, 0.2) is 109 Å². The van der Waals surface area contributed by atoms with E-state index in [9.17, 15) is 19.2 Å². The van der Waals surface area contributed by atoms with Gasteiger partial charge >= 0.3 is 0 Å². The van der Waals surface area contributed by atoms with Crippen molar-refractivity contribution in [2.75, 3.05) is 0 Å². The molecule has 0 aliphatic rings. The van der Waals surface area contributed by atoms with Crippen molar-refractivity contribution in [2.24, 2.45) is 0 Å². The second-order valence-electron chi connectivity index (χ2n) is 8.92. The first-order chi connectivity index (χ1) is 18.6. The smallest absolute Gasteiger partial charge is 0.150 e. The van der Waals surface area contributed by atoms with Gasteiger partial charge in [0, 0.05) is 34.1 Å². The normalized spacial score (nSPS) is 12.7. The summed E-state index contributed by atoms with van der Waals surface area (Å²) in [7, 11) is 0. The van der Waals surface area contributed by atoms with Gasteiger partial charge in [0.05, 0.1) is 0 Å². The summed E-state index contributed by atoms with van der Waals surface area (Å²) in [5, 5.41) is 0. The third kappa shape index (κ3) is 6.62. The van der Waals surface area contributed by atoms with E-state index < -0.39 is 0 Å². The molecule has 0 heterocycles. The lowest BCUT2D eigenvalue weighted by atomic mass is 9.79. The van der Waals surface area contributed by atoms with Crippen molar-refractivity contribution in [2.45, 2.75) is 11.8 Å². The van der Waals surface area contributed by atoms with Gasteiger partial charge in [-0.25, -0.2) is 0 Å². The third-order valence-corrected chi connectivity index (χ3v) is 6.34. The Morgan fingerprint density at radius 1 is 0.395 bits per heavy atom. The molecule has 0 spiro atoms. The number of hydrogen-bond donors (Lipinski definition) is 0. The van der Waals surface area contributed by atoms with Gasteiger partial charge in [-0.3, -0.25) is 19.2 Å². The average Bonchev–Trinajstić information content (AvgIpc) is 2.99. The number of carbonyl (C=O) groups excluding carboxylic acids is 4. The lowest BCUT2D eigenvalue weighted by Crippen LogP contribution is -2.09. The maximum Gasteiger partial charge on any atom is 0.150 e. The fourth-order valence-corrected chi connectivity index (χ4v) is 4.46. The Kier molecular flexibility index (Phi) is 8.82. The molecule has 0 bridgehead atoms. The Bertz CT molecular complexity index is 1400. The molecular formula is C34H26O4. The molecule has 0 unspecified atom stereocenters. The number of carbonyl (C=O) groups is 4. The molecule has 0 aliphatic heterocycles. The van der Waals surface area contributed by atoms with Gasteiger partial charge in [0.25, 0.3) is 0 Å². The minimum absolute atomic E-state index is 0.220. The molecule has 4 nitrogen and oxygen atoms in total. The first-order valence-electron chi connectivity index (χ1n) is 12.2. The van der Waals surface area contributed by atoms with E-state index in [1.54, 1.807) is 24.3 Å². The van der Waals surface area contributed by atoms with Crippen molar-refractivity contribution in [1.82, 2.24) is 0 Å². The van der Waals surface area contributed by atoms with E-state index in [0.29, 0.717) is 22.3 Å². The molecule has 0 saturated carbocycles. The molecule has 0 radical (unpaired) electrons. The molecular weight excluding hydrogens is 472 g/mol. The molecule has 4 aromatic rings. The van der Waals surface area contributed by atoms with Gasteiger partial charge in [0.2, 0.25) is 0 Å². The summed E-state index contributed by atoms with van der Waals surface area (Å²) >= 11 is 0. The van der Waals surface area contributed by atoms with Gasteiger partial charge < -0.3 is 0 Å². The Hall–Kier alpha value is -4.96. The van der Waals surface area contributed by atoms with E-state index in [2.05, 4.69) is 12.2 Å². The van der Waals surface area contributed by atoms with E-state index in [1.165, 1.54) is 0 Å². The van der Waals surface area contributed by atoms with Crippen LogP contribution in [-0.2, 0) is 0 Å². The highest BCUT2D eigenvalue weighted by atomic mass is 16.1. The highest BCUT2D eigenvalue weighted by Crippen LogP contribution is 2.37. The van der Waals surface area contributed by atoms with Gasteiger partial charge in [0.15, 0.2) is 0 Å².